The zero-order chi connectivity index (χ0) is 14.6. The first-order chi connectivity index (χ1) is 8.83. The Labute approximate surface area is 116 Å². The van der Waals surface area contributed by atoms with Gasteiger partial charge >= 0.3 is 0 Å². The minimum Gasteiger partial charge on any atom is -0.294 e. The quantitative estimate of drug-likeness (QED) is 0.704. The van der Waals surface area contributed by atoms with Crippen LogP contribution < -0.4 is 0 Å². The number of carbonyl (C=O) groups is 2. The van der Waals surface area contributed by atoms with Crippen LogP contribution in [0.4, 0.5) is 0 Å². The summed E-state index contributed by atoms with van der Waals surface area (Å²) in [5, 5.41) is 0. The Kier molecular flexibility index (Phi) is 5.04. The van der Waals surface area contributed by atoms with Crippen LogP contribution in [0.25, 0.3) is 0 Å². The summed E-state index contributed by atoms with van der Waals surface area (Å²) < 4.78 is 0. The summed E-state index contributed by atoms with van der Waals surface area (Å²) in [6.07, 6.45) is 1.64. The van der Waals surface area contributed by atoms with Crippen LogP contribution in [0.15, 0.2) is 24.3 Å². The number of rotatable bonds is 6. The van der Waals surface area contributed by atoms with Crippen molar-refractivity contribution in [3.63, 3.8) is 0 Å². The highest BCUT2D eigenvalue weighted by Gasteiger charge is 2.26. The highest BCUT2D eigenvalue weighted by Crippen LogP contribution is 2.26. The van der Waals surface area contributed by atoms with E-state index >= 15 is 0 Å². The van der Waals surface area contributed by atoms with Crippen molar-refractivity contribution in [2.75, 3.05) is 0 Å². The van der Waals surface area contributed by atoms with Crippen molar-refractivity contribution in [1.82, 2.24) is 0 Å². The fraction of sp³-hybridized carbons (Fsp3) is 0.529. The first-order valence-corrected chi connectivity index (χ1v) is 7.02. The van der Waals surface area contributed by atoms with Crippen LogP contribution in [0.1, 0.15) is 68.2 Å². The van der Waals surface area contributed by atoms with E-state index in [9.17, 15) is 9.59 Å². The Bertz CT molecular complexity index is 455. The molecule has 1 unspecified atom stereocenters. The van der Waals surface area contributed by atoms with E-state index < -0.39 is 0 Å². The van der Waals surface area contributed by atoms with Crippen molar-refractivity contribution < 1.29 is 9.59 Å². The number of ketones is 2. The van der Waals surface area contributed by atoms with Gasteiger partial charge < -0.3 is 0 Å². The summed E-state index contributed by atoms with van der Waals surface area (Å²) in [6.45, 7) is 9.85. The predicted molar refractivity (Wildman–Crippen MR) is 78.6 cm³/mol. The van der Waals surface area contributed by atoms with E-state index in [1.807, 2.05) is 34.6 Å². The van der Waals surface area contributed by atoms with Crippen molar-refractivity contribution in [2.24, 2.45) is 11.3 Å². The van der Waals surface area contributed by atoms with E-state index in [1.54, 1.807) is 24.3 Å². The van der Waals surface area contributed by atoms with E-state index in [4.69, 9.17) is 0 Å². The summed E-state index contributed by atoms with van der Waals surface area (Å²) in [7, 11) is 0. The Morgan fingerprint density at radius 2 is 1.53 bits per heavy atom. The molecular weight excluding hydrogens is 236 g/mol. The molecular formula is C17H24O2. The molecule has 0 saturated carbocycles. The van der Waals surface area contributed by atoms with Crippen molar-refractivity contribution in [1.29, 1.82) is 0 Å². The number of Topliss-reactive ketones (excluding diaryl/α,β-unsaturated/α-hetero) is 2. The fourth-order valence-corrected chi connectivity index (χ4v) is 1.81. The van der Waals surface area contributed by atoms with Crippen LogP contribution in [-0.2, 0) is 0 Å². The maximum absolute atomic E-state index is 12.3. The SMILES string of the molecule is CCC(C)C(=O)c1ccc(C(=O)C(C)(C)CC)cc1. The van der Waals surface area contributed by atoms with Gasteiger partial charge in [0.25, 0.3) is 0 Å². The summed E-state index contributed by atoms with van der Waals surface area (Å²) in [4.78, 5) is 24.3. The zero-order valence-corrected chi connectivity index (χ0v) is 12.6. The van der Waals surface area contributed by atoms with Gasteiger partial charge in [-0.15, -0.1) is 0 Å². The van der Waals surface area contributed by atoms with Gasteiger partial charge in [-0.2, -0.15) is 0 Å². The Balaban J connectivity index is 2.94. The number of carbonyl (C=O) groups excluding carboxylic acids is 2. The van der Waals surface area contributed by atoms with E-state index in [0.29, 0.717) is 11.1 Å². The minimum atomic E-state index is -0.345. The Morgan fingerprint density at radius 1 is 1.05 bits per heavy atom. The normalized spacial score (nSPS) is 13.1. The summed E-state index contributed by atoms with van der Waals surface area (Å²) >= 11 is 0. The van der Waals surface area contributed by atoms with Crippen LogP contribution in [0, 0.1) is 11.3 Å². The molecule has 104 valence electrons. The molecule has 1 atom stereocenters. The molecule has 0 N–H and O–H groups in total. The Morgan fingerprint density at radius 3 is 1.95 bits per heavy atom. The van der Waals surface area contributed by atoms with Gasteiger partial charge in [0.1, 0.15) is 0 Å². The zero-order valence-electron chi connectivity index (χ0n) is 12.6. The van der Waals surface area contributed by atoms with Crippen molar-refractivity contribution in [3.8, 4) is 0 Å². The summed E-state index contributed by atoms with van der Waals surface area (Å²) in [5.41, 5.74) is 1.04. The molecule has 0 amide bonds. The number of benzene rings is 1. The van der Waals surface area contributed by atoms with Crippen molar-refractivity contribution in [2.45, 2.75) is 47.5 Å². The van der Waals surface area contributed by atoms with Gasteiger partial charge in [0.05, 0.1) is 0 Å². The molecule has 1 aromatic carbocycles. The third kappa shape index (κ3) is 3.52. The van der Waals surface area contributed by atoms with Gasteiger partial charge in [0.15, 0.2) is 11.6 Å². The molecule has 0 aromatic heterocycles. The number of hydrogen-bond acceptors (Lipinski definition) is 2. The molecule has 0 spiro atoms. The largest absolute Gasteiger partial charge is 0.294 e. The lowest BCUT2D eigenvalue weighted by Gasteiger charge is -2.21. The molecule has 0 aliphatic heterocycles. The van der Waals surface area contributed by atoms with Crippen LogP contribution >= 0.6 is 0 Å². The van der Waals surface area contributed by atoms with Gasteiger partial charge in [-0.05, 0) is 12.8 Å². The van der Waals surface area contributed by atoms with Gasteiger partial charge in [0, 0.05) is 22.5 Å². The average Bonchev–Trinajstić information content (AvgIpc) is 2.44. The topological polar surface area (TPSA) is 34.1 Å². The smallest absolute Gasteiger partial charge is 0.168 e. The van der Waals surface area contributed by atoms with Crippen molar-refractivity contribution >= 4 is 11.6 Å². The maximum Gasteiger partial charge on any atom is 0.168 e. The third-order valence-electron chi connectivity index (χ3n) is 3.99. The fourth-order valence-electron chi connectivity index (χ4n) is 1.81. The molecule has 1 aromatic rings. The van der Waals surface area contributed by atoms with Crippen LogP contribution in [-0.4, -0.2) is 11.6 Å². The predicted octanol–water partition coefficient (Wildman–Crippen LogP) is 4.53. The first-order valence-electron chi connectivity index (χ1n) is 7.02. The molecule has 0 fully saturated rings. The van der Waals surface area contributed by atoms with Crippen LogP contribution in [0.3, 0.4) is 0 Å². The van der Waals surface area contributed by atoms with E-state index in [1.165, 1.54) is 0 Å². The molecule has 0 saturated heterocycles. The molecule has 0 bridgehead atoms. The molecule has 2 nitrogen and oxygen atoms in total. The second-order valence-corrected chi connectivity index (χ2v) is 5.82. The molecule has 19 heavy (non-hydrogen) atoms. The van der Waals surface area contributed by atoms with E-state index in [0.717, 1.165) is 12.8 Å². The minimum absolute atomic E-state index is 0.0358. The van der Waals surface area contributed by atoms with Gasteiger partial charge in [0.2, 0.25) is 0 Å². The lowest BCUT2D eigenvalue weighted by atomic mass is 9.81. The maximum atomic E-state index is 12.3. The second kappa shape index (κ2) is 6.14. The highest BCUT2D eigenvalue weighted by atomic mass is 16.1. The molecule has 1 rings (SSSR count). The van der Waals surface area contributed by atoms with Gasteiger partial charge in [-0.1, -0.05) is 58.9 Å². The highest BCUT2D eigenvalue weighted by molar-refractivity contribution is 6.02. The standard InChI is InChI=1S/C17H24O2/c1-6-12(3)15(18)13-8-10-14(11-9-13)16(19)17(4,5)7-2/h8-12H,6-7H2,1-5H3. The van der Waals surface area contributed by atoms with Gasteiger partial charge in [-0.25, -0.2) is 0 Å². The molecule has 2 heteroatoms. The van der Waals surface area contributed by atoms with E-state index in [-0.39, 0.29) is 22.9 Å². The first kappa shape index (κ1) is 15.6. The van der Waals surface area contributed by atoms with Gasteiger partial charge in [-0.3, -0.25) is 9.59 Å². The van der Waals surface area contributed by atoms with Crippen LogP contribution in [0.2, 0.25) is 0 Å². The molecule has 0 aliphatic carbocycles. The van der Waals surface area contributed by atoms with Crippen molar-refractivity contribution in [3.05, 3.63) is 35.4 Å². The molecule has 0 aliphatic rings. The Hall–Kier alpha value is -1.44. The number of hydrogen-bond donors (Lipinski definition) is 0. The lowest BCUT2D eigenvalue weighted by molar-refractivity contribution is 0.0832. The summed E-state index contributed by atoms with van der Waals surface area (Å²) in [5.74, 6) is 0.322. The second-order valence-electron chi connectivity index (χ2n) is 5.82. The van der Waals surface area contributed by atoms with Crippen LogP contribution in [0.5, 0.6) is 0 Å². The molecule has 0 radical (unpaired) electrons. The monoisotopic (exact) mass is 260 g/mol. The molecule has 0 heterocycles. The van der Waals surface area contributed by atoms with E-state index in [2.05, 4.69) is 0 Å². The third-order valence-corrected chi connectivity index (χ3v) is 3.99. The average molecular weight is 260 g/mol. The summed E-state index contributed by atoms with van der Waals surface area (Å²) in [6, 6.07) is 7.09. The lowest BCUT2D eigenvalue weighted by Crippen LogP contribution is -2.23.